The molecule has 9 heteroatoms. The molecule has 0 bridgehead atoms. The van der Waals surface area contributed by atoms with Crippen LogP contribution in [-0.2, 0) is 37.2 Å². The highest BCUT2D eigenvalue weighted by Crippen LogP contribution is 2.53. The molecule has 0 aliphatic heterocycles. The van der Waals surface area contributed by atoms with E-state index < -0.39 is 31.8 Å². The molecule has 0 aromatic carbocycles. The Labute approximate surface area is 141 Å². The Balaban J connectivity index is 5.40. The third-order valence-corrected chi connectivity index (χ3v) is 4.18. The van der Waals surface area contributed by atoms with Gasteiger partial charge in [-0.3, -0.25) is 18.4 Å². The van der Waals surface area contributed by atoms with Gasteiger partial charge in [0.1, 0.15) is 0 Å². The minimum Gasteiger partial charge on any atom is -0.452 e. The van der Waals surface area contributed by atoms with Crippen LogP contribution >= 0.6 is 7.82 Å². The van der Waals surface area contributed by atoms with Gasteiger partial charge in [0.25, 0.3) is 0 Å². The summed E-state index contributed by atoms with van der Waals surface area (Å²) < 4.78 is 37.1. The molecule has 0 saturated carbocycles. The Morgan fingerprint density at radius 3 is 2.00 bits per heavy atom. The molecule has 24 heavy (non-hydrogen) atoms. The molecule has 0 aliphatic carbocycles. The van der Waals surface area contributed by atoms with E-state index in [9.17, 15) is 14.2 Å². The molecule has 0 saturated heterocycles. The first-order valence-corrected chi connectivity index (χ1v) is 8.52. The molecule has 1 unspecified atom stereocenters. The molecular formula is C15H21O8P. The van der Waals surface area contributed by atoms with E-state index >= 15 is 0 Å². The molecule has 0 aliphatic rings. The van der Waals surface area contributed by atoms with Crippen molar-refractivity contribution in [3.8, 4) is 24.7 Å². The summed E-state index contributed by atoms with van der Waals surface area (Å²) in [6, 6.07) is 0. The number of carbonyl (C=O) groups excluding carboxylic acids is 2. The van der Waals surface area contributed by atoms with Crippen LogP contribution in [-0.4, -0.2) is 44.0 Å². The Hall–Kier alpha value is -1.83. The van der Waals surface area contributed by atoms with Crippen LogP contribution in [0.25, 0.3) is 0 Å². The minimum atomic E-state index is -4.11. The molecule has 0 amide bonds. The maximum Gasteiger partial charge on any atom is 0.475 e. The number of terminal acetylenes is 2. The van der Waals surface area contributed by atoms with Crippen LogP contribution in [0.5, 0.6) is 0 Å². The second-order valence-corrected chi connectivity index (χ2v) is 6.02. The van der Waals surface area contributed by atoms with Gasteiger partial charge in [0.2, 0.25) is 0 Å². The van der Waals surface area contributed by atoms with E-state index in [1.807, 2.05) is 0 Å². The van der Waals surface area contributed by atoms with Crippen molar-refractivity contribution in [2.24, 2.45) is 0 Å². The van der Waals surface area contributed by atoms with Crippen molar-refractivity contribution in [2.75, 3.05) is 26.4 Å². The zero-order chi connectivity index (χ0) is 18.6. The number of phosphoric acid groups is 1. The predicted molar refractivity (Wildman–Crippen MR) is 84.5 cm³/mol. The summed E-state index contributed by atoms with van der Waals surface area (Å²) in [6.45, 7) is 3.65. The summed E-state index contributed by atoms with van der Waals surface area (Å²) in [5.74, 6) is 2.33. The van der Waals surface area contributed by atoms with Crippen molar-refractivity contribution < 1.29 is 37.2 Å². The molecule has 0 rings (SSSR count). The number of carbonyl (C=O) groups is 2. The summed E-state index contributed by atoms with van der Waals surface area (Å²) >= 11 is 0. The quantitative estimate of drug-likeness (QED) is 0.312. The summed E-state index contributed by atoms with van der Waals surface area (Å²) in [4.78, 5) is 24.0. The van der Waals surface area contributed by atoms with E-state index in [-0.39, 0.29) is 26.4 Å². The van der Waals surface area contributed by atoms with Crippen molar-refractivity contribution >= 4 is 19.8 Å². The molecule has 0 fully saturated rings. The zero-order valence-electron chi connectivity index (χ0n) is 13.9. The Morgan fingerprint density at radius 2 is 1.54 bits per heavy atom. The predicted octanol–water partition coefficient (Wildman–Crippen LogP) is 1.69. The maximum absolute atomic E-state index is 12.5. The minimum absolute atomic E-state index is 0.00565. The van der Waals surface area contributed by atoms with Gasteiger partial charge in [0.05, 0.1) is 19.6 Å². The molecule has 8 nitrogen and oxygen atoms in total. The van der Waals surface area contributed by atoms with Gasteiger partial charge in [0, 0.05) is 0 Å². The second-order valence-electron chi connectivity index (χ2n) is 4.43. The largest absolute Gasteiger partial charge is 0.475 e. The average molecular weight is 360 g/mol. The standard InChI is InChI=1S/C15H21O8P/c1-6-10-19-13(16)12-15(5,14(17)20-11-7-2)23-24(18,21-8-3)22-9-4/h1-2H,8-12H2,3-5H3. The topological polar surface area (TPSA) is 97.4 Å². The molecule has 1 atom stereocenters. The van der Waals surface area contributed by atoms with Crippen molar-refractivity contribution in [1.82, 2.24) is 0 Å². The number of esters is 2. The van der Waals surface area contributed by atoms with Gasteiger partial charge in [-0.1, -0.05) is 11.8 Å². The van der Waals surface area contributed by atoms with Gasteiger partial charge in [0.15, 0.2) is 18.8 Å². The summed E-state index contributed by atoms with van der Waals surface area (Å²) in [7, 11) is -4.11. The van der Waals surface area contributed by atoms with Gasteiger partial charge in [-0.25, -0.2) is 9.36 Å². The van der Waals surface area contributed by atoms with E-state index in [4.69, 9.17) is 35.9 Å². The third kappa shape index (κ3) is 7.63. The highest BCUT2D eigenvalue weighted by molar-refractivity contribution is 7.48. The number of ether oxygens (including phenoxy) is 2. The van der Waals surface area contributed by atoms with Crippen LogP contribution in [0.15, 0.2) is 0 Å². The lowest BCUT2D eigenvalue weighted by atomic mass is 10.0. The van der Waals surface area contributed by atoms with Gasteiger partial charge >= 0.3 is 19.8 Å². The number of hydrogen-bond donors (Lipinski definition) is 0. The Bertz CT molecular complexity index is 549. The Morgan fingerprint density at radius 1 is 1.04 bits per heavy atom. The van der Waals surface area contributed by atoms with Crippen molar-refractivity contribution in [3.05, 3.63) is 0 Å². The lowest BCUT2D eigenvalue weighted by Gasteiger charge is -2.29. The molecule has 0 aromatic rings. The van der Waals surface area contributed by atoms with Crippen LogP contribution in [0.1, 0.15) is 27.2 Å². The maximum atomic E-state index is 12.5. The molecule has 0 radical (unpaired) electrons. The van der Waals surface area contributed by atoms with E-state index in [0.29, 0.717) is 0 Å². The molecule has 0 aromatic heterocycles. The fraction of sp³-hybridized carbons (Fsp3) is 0.600. The van der Waals surface area contributed by atoms with Gasteiger partial charge in [-0.15, -0.1) is 12.8 Å². The van der Waals surface area contributed by atoms with Crippen LogP contribution in [0.2, 0.25) is 0 Å². The van der Waals surface area contributed by atoms with E-state index in [0.717, 1.165) is 0 Å². The monoisotopic (exact) mass is 360 g/mol. The molecule has 0 heterocycles. The Kier molecular flexibility index (Phi) is 10.0. The average Bonchev–Trinajstić information content (AvgIpc) is 2.50. The van der Waals surface area contributed by atoms with Crippen molar-refractivity contribution in [1.29, 1.82) is 0 Å². The van der Waals surface area contributed by atoms with Crippen LogP contribution < -0.4 is 0 Å². The number of phosphoric ester groups is 1. The highest BCUT2D eigenvalue weighted by atomic mass is 31.2. The first-order chi connectivity index (χ1) is 11.3. The van der Waals surface area contributed by atoms with Crippen molar-refractivity contribution in [3.63, 3.8) is 0 Å². The highest BCUT2D eigenvalue weighted by Gasteiger charge is 2.46. The fourth-order valence-electron chi connectivity index (χ4n) is 1.50. The number of hydrogen-bond acceptors (Lipinski definition) is 8. The van der Waals surface area contributed by atoms with E-state index in [1.165, 1.54) is 6.92 Å². The van der Waals surface area contributed by atoms with E-state index in [2.05, 4.69) is 11.8 Å². The SMILES string of the molecule is C#CCOC(=O)CC(C)(OP(=O)(OCC)OCC)C(=O)OCC#C. The van der Waals surface area contributed by atoms with Gasteiger partial charge in [-0.05, 0) is 20.8 Å². The first kappa shape index (κ1) is 22.2. The lowest BCUT2D eigenvalue weighted by Crippen LogP contribution is -2.42. The summed E-state index contributed by atoms with van der Waals surface area (Å²) in [5, 5.41) is 0. The molecule has 0 spiro atoms. The summed E-state index contributed by atoms with van der Waals surface area (Å²) in [5.41, 5.74) is -2.00. The van der Waals surface area contributed by atoms with Crippen LogP contribution in [0.3, 0.4) is 0 Å². The van der Waals surface area contributed by atoms with Crippen LogP contribution in [0.4, 0.5) is 0 Å². The third-order valence-electron chi connectivity index (χ3n) is 2.40. The molecule has 0 N–H and O–H groups in total. The lowest BCUT2D eigenvalue weighted by molar-refractivity contribution is -0.168. The normalized spacial score (nSPS) is 13.2. The van der Waals surface area contributed by atoms with E-state index in [1.54, 1.807) is 13.8 Å². The fourth-order valence-corrected chi connectivity index (χ4v) is 2.95. The number of rotatable bonds is 11. The second kappa shape index (κ2) is 10.9. The summed E-state index contributed by atoms with van der Waals surface area (Å²) in [6.07, 6.45) is 9.39. The molecular weight excluding hydrogens is 339 g/mol. The van der Waals surface area contributed by atoms with Crippen molar-refractivity contribution in [2.45, 2.75) is 32.8 Å². The zero-order valence-corrected chi connectivity index (χ0v) is 14.8. The first-order valence-electron chi connectivity index (χ1n) is 7.06. The van der Waals surface area contributed by atoms with Crippen LogP contribution in [0, 0.1) is 24.7 Å². The molecule has 134 valence electrons. The van der Waals surface area contributed by atoms with Gasteiger partial charge < -0.3 is 9.47 Å². The van der Waals surface area contributed by atoms with Gasteiger partial charge in [-0.2, -0.15) is 0 Å². The smallest absolute Gasteiger partial charge is 0.452 e.